The van der Waals surface area contributed by atoms with Crippen LogP contribution in [-0.2, 0) is 0 Å². The fourth-order valence-corrected chi connectivity index (χ4v) is 4.20. The number of nitrogens with zero attached hydrogens (tertiary/aromatic N) is 1. The van der Waals surface area contributed by atoms with Gasteiger partial charge in [-0.1, -0.05) is 24.6 Å². The first-order valence-electron chi connectivity index (χ1n) is 9.58. The molecule has 2 saturated heterocycles. The van der Waals surface area contributed by atoms with Crippen molar-refractivity contribution < 1.29 is 9.47 Å². The Morgan fingerprint density at radius 2 is 1.46 bits per heavy atom. The van der Waals surface area contributed by atoms with Crippen LogP contribution in [-0.4, -0.2) is 30.6 Å². The zero-order valence-electron chi connectivity index (χ0n) is 15.2. The minimum Gasteiger partial charge on any atom is -0.493 e. The minimum atomic E-state index is 0. The van der Waals surface area contributed by atoms with Crippen molar-refractivity contribution >= 4 is 12.4 Å². The Hall–Kier alpha value is -1.71. The average molecular weight is 374 g/mol. The molecule has 0 N–H and O–H groups in total. The van der Waals surface area contributed by atoms with Gasteiger partial charge in [0.2, 0.25) is 0 Å². The highest BCUT2D eigenvalue weighted by Gasteiger charge is 2.33. The van der Waals surface area contributed by atoms with Crippen LogP contribution < -0.4 is 9.47 Å². The van der Waals surface area contributed by atoms with E-state index in [0.29, 0.717) is 5.92 Å². The van der Waals surface area contributed by atoms with Gasteiger partial charge >= 0.3 is 0 Å². The molecule has 2 aromatic rings. The molecule has 2 unspecified atom stereocenters. The second-order valence-corrected chi connectivity index (χ2v) is 7.20. The lowest BCUT2D eigenvalue weighted by molar-refractivity contribution is 0.0366. The monoisotopic (exact) mass is 373 g/mol. The number of hydrogen-bond acceptors (Lipinski definition) is 3. The Labute approximate surface area is 162 Å². The maximum atomic E-state index is 6.12. The van der Waals surface area contributed by atoms with Gasteiger partial charge in [-0.05, 0) is 75.2 Å². The zero-order valence-corrected chi connectivity index (χ0v) is 16.0. The van der Waals surface area contributed by atoms with Crippen LogP contribution in [0.15, 0.2) is 54.6 Å². The lowest BCUT2D eigenvalue weighted by atomic mass is 9.84. The molecule has 4 heteroatoms. The van der Waals surface area contributed by atoms with Crippen molar-refractivity contribution in [2.24, 2.45) is 5.92 Å². The summed E-state index contributed by atoms with van der Waals surface area (Å²) in [6.07, 6.45) is 6.71. The second kappa shape index (κ2) is 9.29. The summed E-state index contributed by atoms with van der Waals surface area (Å²) in [4.78, 5) is 2.69. The molecule has 2 aliphatic heterocycles. The molecule has 0 radical (unpaired) electrons. The molecule has 2 aromatic carbocycles. The molecule has 0 amide bonds. The van der Waals surface area contributed by atoms with E-state index in [1.54, 1.807) is 0 Å². The van der Waals surface area contributed by atoms with Crippen molar-refractivity contribution in [1.29, 1.82) is 0 Å². The quantitative estimate of drug-likeness (QED) is 0.686. The van der Waals surface area contributed by atoms with Gasteiger partial charge in [-0.15, -0.1) is 12.4 Å². The van der Waals surface area contributed by atoms with Crippen LogP contribution in [0.1, 0.15) is 32.1 Å². The summed E-state index contributed by atoms with van der Waals surface area (Å²) in [5.74, 6) is 3.31. The molecular weight excluding hydrogens is 346 g/mol. The van der Waals surface area contributed by atoms with Crippen LogP contribution in [0, 0.1) is 5.92 Å². The van der Waals surface area contributed by atoms with Crippen molar-refractivity contribution in [3.8, 4) is 17.2 Å². The Morgan fingerprint density at radius 3 is 2.27 bits per heavy atom. The number of fused-ring (bicyclic) bond motifs is 1. The van der Waals surface area contributed by atoms with Gasteiger partial charge in [0.05, 0.1) is 6.61 Å². The Kier molecular flexibility index (Phi) is 6.81. The van der Waals surface area contributed by atoms with Gasteiger partial charge in [0.15, 0.2) is 0 Å². The topological polar surface area (TPSA) is 21.7 Å². The van der Waals surface area contributed by atoms with E-state index < -0.39 is 0 Å². The first-order valence-corrected chi connectivity index (χ1v) is 9.58. The van der Waals surface area contributed by atoms with Crippen LogP contribution in [0.25, 0.3) is 0 Å². The second-order valence-electron chi connectivity index (χ2n) is 7.20. The summed E-state index contributed by atoms with van der Waals surface area (Å²) in [5.41, 5.74) is 0. The number of ether oxygens (including phenoxy) is 2. The summed E-state index contributed by atoms with van der Waals surface area (Å²) >= 11 is 0. The Balaban J connectivity index is 0.00000196. The molecule has 0 aliphatic carbocycles. The molecule has 0 aromatic heterocycles. The van der Waals surface area contributed by atoms with Crippen LogP contribution in [0.3, 0.4) is 0 Å². The summed E-state index contributed by atoms with van der Waals surface area (Å²) in [6, 6.07) is 18.6. The summed E-state index contributed by atoms with van der Waals surface area (Å²) in [7, 11) is 0. The van der Waals surface area contributed by atoms with Crippen molar-refractivity contribution in [3.63, 3.8) is 0 Å². The van der Waals surface area contributed by atoms with E-state index in [9.17, 15) is 0 Å². The van der Waals surface area contributed by atoms with Crippen LogP contribution >= 0.6 is 12.4 Å². The van der Waals surface area contributed by atoms with Gasteiger partial charge < -0.3 is 9.47 Å². The molecular formula is C22H28ClNO2. The number of piperidine rings is 2. The SMILES string of the molecule is Cl.c1ccc(Oc2ccc(OCC3CCCN4CCCCC34)cc2)cc1. The maximum Gasteiger partial charge on any atom is 0.127 e. The molecule has 0 bridgehead atoms. The fourth-order valence-electron chi connectivity index (χ4n) is 4.20. The summed E-state index contributed by atoms with van der Waals surface area (Å²) in [5, 5.41) is 0. The highest BCUT2D eigenvalue weighted by atomic mass is 35.5. The molecule has 0 saturated carbocycles. The lowest BCUT2D eigenvalue weighted by Gasteiger charge is -2.44. The van der Waals surface area contributed by atoms with E-state index in [1.165, 1.54) is 45.2 Å². The maximum absolute atomic E-state index is 6.12. The molecule has 2 fully saturated rings. The van der Waals surface area contributed by atoms with Crippen LogP contribution in [0.5, 0.6) is 17.2 Å². The third-order valence-electron chi connectivity index (χ3n) is 5.50. The molecule has 2 atom stereocenters. The normalized spacial score (nSPS) is 22.8. The molecule has 3 nitrogen and oxygen atoms in total. The lowest BCUT2D eigenvalue weighted by Crippen LogP contribution is -2.49. The van der Waals surface area contributed by atoms with Gasteiger partial charge in [-0.3, -0.25) is 4.90 Å². The van der Waals surface area contributed by atoms with E-state index in [0.717, 1.165) is 29.9 Å². The number of halogens is 1. The van der Waals surface area contributed by atoms with Gasteiger partial charge in [-0.25, -0.2) is 0 Å². The zero-order chi connectivity index (χ0) is 16.9. The standard InChI is InChI=1S/C22H27NO2.ClH/c1-2-8-20(9-3-1)25-21-13-11-19(12-14-21)24-17-18-7-6-16-23-15-5-4-10-22(18)23;/h1-3,8-9,11-14,18,22H,4-7,10,15-17H2;1H. The molecule has 2 aliphatic rings. The smallest absolute Gasteiger partial charge is 0.127 e. The highest BCUT2D eigenvalue weighted by molar-refractivity contribution is 5.85. The van der Waals surface area contributed by atoms with E-state index in [1.807, 2.05) is 54.6 Å². The third kappa shape index (κ3) is 4.72. The Morgan fingerprint density at radius 1 is 0.769 bits per heavy atom. The first kappa shape index (κ1) is 19.1. The minimum absolute atomic E-state index is 0. The first-order chi connectivity index (χ1) is 12.4. The predicted molar refractivity (Wildman–Crippen MR) is 108 cm³/mol. The molecule has 140 valence electrons. The summed E-state index contributed by atoms with van der Waals surface area (Å²) in [6.45, 7) is 3.40. The predicted octanol–water partition coefficient (Wildman–Crippen LogP) is 5.54. The van der Waals surface area contributed by atoms with Crippen molar-refractivity contribution in [1.82, 2.24) is 4.90 Å². The van der Waals surface area contributed by atoms with E-state index in [-0.39, 0.29) is 12.4 Å². The number of hydrogen-bond donors (Lipinski definition) is 0. The van der Waals surface area contributed by atoms with Crippen LogP contribution in [0.2, 0.25) is 0 Å². The number of para-hydroxylation sites is 1. The summed E-state index contributed by atoms with van der Waals surface area (Å²) < 4.78 is 12.0. The third-order valence-corrected chi connectivity index (χ3v) is 5.50. The number of rotatable bonds is 5. The average Bonchev–Trinajstić information content (AvgIpc) is 2.68. The van der Waals surface area contributed by atoms with Crippen molar-refractivity contribution in [2.75, 3.05) is 19.7 Å². The largest absolute Gasteiger partial charge is 0.493 e. The molecule has 2 heterocycles. The molecule has 26 heavy (non-hydrogen) atoms. The highest BCUT2D eigenvalue weighted by Crippen LogP contribution is 2.31. The molecule has 0 spiro atoms. The fraction of sp³-hybridized carbons (Fsp3) is 0.455. The van der Waals surface area contributed by atoms with Crippen molar-refractivity contribution in [2.45, 2.75) is 38.1 Å². The van der Waals surface area contributed by atoms with Gasteiger partial charge in [-0.2, -0.15) is 0 Å². The molecule has 4 rings (SSSR count). The van der Waals surface area contributed by atoms with Gasteiger partial charge in [0, 0.05) is 12.0 Å². The van der Waals surface area contributed by atoms with Gasteiger partial charge in [0.1, 0.15) is 17.2 Å². The van der Waals surface area contributed by atoms with E-state index >= 15 is 0 Å². The van der Waals surface area contributed by atoms with Crippen molar-refractivity contribution in [3.05, 3.63) is 54.6 Å². The van der Waals surface area contributed by atoms with E-state index in [4.69, 9.17) is 9.47 Å². The van der Waals surface area contributed by atoms with E-state index in [2.05, 4.69) is 4.90 Å². The van der Waals surface area contributed by atoms with Crippen LogP contribution in [0.4, 0.5) is 0 Å². The Bertz CT molecular complexity index is 660. The van der Waals surface area contributed by atoms with Gasteiger partial charge in [0.25, 0.3) is 0 Å². The number of benzene rings is 2.